The molecule has 2 bridgehead atoms. The van der Waals surface area contributed by atoms with Gasteiger partial charge in [0, 0.05) is 37.1 Å². The second-order valence-electron chi connectivity index (χ2n) is 5.72. The van der Waals surface area contributed by atoms with Crippen molar-refractivity contribution in [2.24, 2.45) is 0 Å². The molecule has 4 heterocycles. The van der Waals surface area contributed by atoms with E-state index in [0.29, 0.717) is 18.5 Å². The number of hydrogen-bond acceptors (Lipinski definition) is 6. The highest BCUT2D eigenvalue weighted by molar-refractivity contribution is 7.99. The van der Waals surface area contributed by atoms with E-state index >= 15 is 0 Å². The van der Waals surface area contributed by atoms with Gasteiger partial charge in [-0.2, -0.15) is 11.8 Å². The lowest BCUT2D eigenvalue weighted by Crippen LogP contribution is -2.47. The summed E-state index contributed by atoms with van der Waals surface area (Å²) in [5.41, 5.74) is 1.14. The largest absolute Gasteiger partial charge is 0.330 e. The normalized spacial score (nSPS) is 29.5. The molecule has 2 fully saturated rings. The third-order valence-electron chi connectivity index (χ3n) is 4.57. The quantitative estimate of drug-likeness (QED) is 0.821. The summed E-state index contributed by atoms with van der Waals surface area (Å²) in [5, 5.41) is 4.22. The summed E-state index contributed by atoms with van der Waals surface area (Å²) in [6, 6.07) is 0.624. The van der Waals surface area contributed by atoms with Gasteiger partial charge >= 0.3 is 0 Å². The van der Waals surface area contributed by atoms with Crippen molar-refractivity contribution in [3.63, 3.8) is 0 Å². The van der Waals surface area contributed by atoms with Crippen LogP contribution >= 0.6 is 23.3 Å². The fourth-order valence-corrected chi connectivity index (χ4v) is 5.37. The maximum Gasteiger partial charge on any atom is 0.237 e. The zero-order chi connectivity index (χ0) is 13.5. The Labute approximate surface area is 126 Å². The Hall–Kier alpha value is -0.660. The summed E-state index contributed by atoms with van der Waals surface area (Å²) in [7, 11) is 0. The van der Waals surface area contributed by atoms with Crippen LogP contribution in [-0.4, -0.2) is 62.5 Å². The van der Waals surface area contributed by atoms with Crippen molar-refractivity contribution in [3.05, 3.63) is 10.6 Å². The fourth-order valence-electron chi connectivity index (χ4n) is 3.58. The predicted molar refractivity (Wildman–Crippen MR) is 80.0 cm³/mol. The molecule has 1 amide bonds. The number of aromatic nitrogens is 2. The first-order chi connectivity index (χ1) is 9.83. The van der Waals surface area contributed by atoms with Crippen LogP contribution in [0.1, 0.15) is 29.5 Å². The van der Waals surface area contributed by atoms with Gasteiger partial charge in [-0.1, -0.05) is 4.49 Å². The van der Waals surface area contributed by atoms with E-state index in [1.54, 1.807) is 0 Å². The van der Waals surface area contributed by atoms with Crippen LogP contribution in [0.15, 0.2) is 0 Å². The van der Waals surface area contributed by atoms with Gasteiger partial charge in [0.15, 0.2) is 0 Å². The summed E-state index contributed by atoms with van der Waals surface area (Å²) < 4.78 is 4.07. The number of amides is 1. The van der Waals surface area contributed by atoms with E-state index in [2.05, 4.69) is 19.4 Å². The molecule has 5 nitrogen and oxygen atoms in total. The average Bonchev–Trinajstić information content (AvgIpc) is 3.05. The highest BCUT2D eigenvalue weighted by Gasteiger charge is 2.44. The molecule has 108 valence electrons. The first kappa shape index (κ1) is 13.0. The molecule has 0 unspecified atom stereocenters. The van der Waals surface area contributed by atoms with Gasteiger partial charge in [0.05, 0.1) is 23.2 Å². The minimum atomic E-state index is 0.260. The Bertz CT molecular complexity index is 514. The summed E-state index contributed by atoms with van der Waals surface area (Å²) >= 11 is 3.47. The molecule has 7 heteroatoms. The lowest BCUT2D eigenvalue weighted by Gasteiger charge is -2.36. The molecule has 2 atom stereocenters. The molecule has 0 N–H and O–H groups in total. The van der Waals surface area contributed by atoms with Crippen LogP contribution in [0.2, 0.25) is 0 Å². The smallest absolute Gasteiger partial charge is 0.237 e. The summed E-state index contributed by atoms with van der Waals surface area (Å²) in [6.07, 6.45) is 3.11. The molecule has 1 aromatic heterocycles. The van der Waals surface area contributed by atoms with Crippen LogP contribution in [0.25, 0.3) is 0 Å². The molecule has 0 aromatic carbocycles. The minimum absolute atomic E-state index is 0.260. The van der Waals surface area contributed by atoms with E-state index in [1.807, 2.05) is 11.8 Å². The van der Waals surface area contributed by atoms with E-state index in [4.69, 9.17) is 0 Å². The number of hydrogen-bond donors (Lipinski definition) is 0. The van der Waals surface area contributed by atoms with Gasteiger partial charge in [-0.3, -0.25) is 9.69 Å². The van der Waals surface area contributed by atoms with Crippen molar-refractivity contribution in [1.29, 1.82) is 0 Å². The van der Waals surface area contributed by atoms with Crippen LogP contribution in [0.4, 0.5) is 0 Å². The number of carbonyl (C=O) groups is 1. The van der Waals surface area contributed by atoms with Gasteiger partial charge in [0.1, 0.15) is 0 Å². The van der Waals surface area contributed by atoms with Gasteiger partial charge in [-0.15, -0.1) is 5.10 Å². The molecule has 0 radical (unpaired) electrons. The van der Waals surface area contributed by atoms with Crippen molar-refractivity contribution in [2.45, 2.75) is 31.3 Å². The maximum atomic E-state index is 12.7. The number of nitrogens with zero attached hydrogens (tertiary/aromatic N) is 4. The van der Waals surface area contributed by atoms with Gasteiger partial charge in [0.25, 0.3) is 0 Å². The Balaban J connectivity index is 1.50. The monoisotopic (exact) mass is 310 g/mol. The zero-order valence-electron chi connectivity index (χ0n) is 11.3. The van der Waals surface area contributed by atoms with E-state index in [1.165, 1.54) is 16.4 Å². The second kappa shape index (κ2) is 5.27. The zero-order valence-corrected chi connectivity index (χ0v) is 13.0. The van der Waals surface area contributed by atoms with E-state index < -0.39 is 0 Å². The van der Waals surface area contributed by atoms with E-state index in [0.717, 1.165) is 49.6 Å². The number of thioether (sulfide) groups is 1. The Morgan fingerprint density at radius 3 is 3.00 bits per heavy atom. The Morgan fingerprint density at radius 2 is 2.15 bits per heavy atom. The summed E-state index contributed by atoms with van der Waals surface area (Å²) in [6.45, 7) is 2.69. The average molecular weight is 310 g/mol. The fraction of sp³-hybridized carbons (Fsp3) is 0.769. The molecule has 3 aliphatic heterocycles. The SMILES string of the molecule is O=C(CN1CCSCC1)N1[C@H]2CC[C@H]1c1snnc1C2. The molecule has 1 aromatic rings. The maximum absolute atomic E-state index is 12.7. The van der Waals surface area contributed by atoms with Gasteiger partial charge in [-0.05, 0) is 24.4 Å². The Morgan fingerprint density at radius 1 is 1.30 bits per heavy atom. The topological polar surface area (TPSA) is 49.3 Å². The van der Waals surface area contributed by atoms with Crippen molar-refractivity contribution >= 4 is 29.2 Å². The number of rotatable bonds is 2. The molecule has 4 rings (SSSR count). The van der Waals surface area contributed by atoms with Crippen LogP contribution in [0.3, 0.4) is 0 Å². The van der Waals surface area contributed by atoms with Crippen molar-refractivity contribution in [2.75, 3.05) is 31.1 Å². The predicted octanol–water partition coefficient (Wildman–Crippen LogP) is 1.18. The van der Waals surface area contributed by atoms with Gasteiger partial charge in [-0.25, -0.2) is 0 Å². The highest BCUT2D eigenvalue weighted by atomic mass is 32.2. The molecule has 2 saturated heterocycles. The lowest BCUT2D eigenvalue weighted by atomic mass is 10.1. The summed E-state index contributed by atoms with van der Waals surface area (Å²) in [5.74, 6) is 2.62. The van der Waals surface area contributed by atoms with Crippen LogP contribution in [-0.2, 0) is 11.2 Å². The standard InChI is InChI=1S/C13H18N4OS2/c18-12(8-16-3-5-19-6-4-16)17-9-1-2-11(17)13-10(7-9)14-15-20-13/h9,11H,1-8H2/t9-,11-/m0/s1. The van der Waals surface area contributed by atoms with Gasteiger partial charge in [0.2, 0.25) is 5.91 Å². The van der Waals surface area contributed by atoms with E-state index in [9.17, 15) is 4.79 Å². The molecular formula is C13H18N4OS2. The van der Waals surface area contributed by atoms with Crippen LogP contribution in [0, 0.1) is 0 Å². The second-order valence-corrected chi connectivity index (χ2v) is 7.73. The number of fused-ring (bicyclic) bond motifs is 4. The molecular weight excluding hydrogens is 292 g/mol. The van der Waals surface area contributed by atoms with E-state index in [-0.39, 0.29) is 6.04 Å². The summed E-state index contributed by atoms with van der Waals surface area (Å²) in [4.78, 5) is 18.4. The van der Waals surface area contributed by atoms with Crippen molar-refractivity contribution in [3.8, 4) is 0 Å². The first-order valence-electron chi connectivity index (χ1n) is 7.25. The van der Waals surface area contributed by atoms with Crippen LogP contribution < -0.4 is 0 Å². The Kier molecular flexibility index (Phi) is 3.44. The molecule has 3 aliphatic rings. The molecule has 0 spiro atoms. The molecule has 20 heavy (non-hydrogen) atoms. The van der Waals surface area contributed by atoms with Crippen LogP contribution in [0.5, 0.6) is 0 Å². The van der Waals surface area contributed by atoms with Crippen molar-refractivity contribution < 1.29 is 4.79 Å². The first-order valence-corrected chi connectivity index (χ1v) is 9.18. The molecule has 0 aliphatic carbocycles. The third-order valence-corrected chi connectivity index (χ3v) is 6.38. The molecule has 0 saturated carbocycles. The van der Waals surface area contributed by atoms with Gasteiger partial charge < -0.3 is 4.90 Å². The lowest BCUT2D eigenvalue weighted by molar-refractivity contribution is -0.135. The third kappa shape index (κ3) is 2.16. The van der Waals surface area contributed by atoms with Crippen molar-refractivity contribution in [1.82, 2.24) is 19.4 Å². The highest BCUT2D eigenvalue weighted by Crippen LogP contribution is 2.44. The minimum Gasteiger partial charge on any atom is -0.330 e. The number of carbonyl (C=O) groups excluding carboxylic acids is 1.